The molecule has 0 bridgehead atoms. The van der Waals surface area contributed by atoms with E-state index in [-0.39, 0.29) is 0 Å². The summed E-state index contributed by atoms with van der Waals surface area (Å²) >= 11 is 5.76. The van der Waals surface area contributed by atoms with Crippen molar-refractivity contribution in [3.63, 3.8) is 0 Å². The van der Waals surface area contributed by atoms with Crippen LogP contribution >= 0.6 is 11.6 Å². The zero-order valence-electron chi connectivity index (χ0n) is 7.75. The molecule has 0 radical (unpaired) electrons. The second-order valence-corrected chi connectivity index (χ2v) is 3.46. The van der Waals surface area contributed by atoms with Gasteiger partial charge in [-0.2, -0.15) is 0 Å². The Balaban J connectivity index is 2.82. The highest BCUT2D eigenvalue weighted by atomic mass is 35.5. The summed E-state index contributed by atoms with van der Waals surface area (Å²) in [6.07, 6.45) is -0.478. The SMILES string of the molecule is C[C@H](O)CNc1cc(Cl)ccc1[NH+]=O. The van der Waals surface area contributed by atoms with Crippen LogP contribution in [-0.2, 0) is 0 Å². The van der Waals surface area contributed by atoms with E-state index >= 15 is 0 Å². The van der Waals surface area contributed by atoms with Gasteiger partial charge < -0.3 is 10.4 Å². The maximum absolute atomic E-state index is 10.5. The first-order chi connectivity index (χ1) is 6.63. The Morgan fingerprint density at radius 1 is 1.64 bits per heavy atom. The number of aliphatic hydroxyl groups is 1. The molecule has 1 aromatic rings. The van der Waals surface area contributed by atoms with Crippen molar-refractivity contribution in [2.75, 3.05) is 11.9 Å². The Morgan fingerprint density at radius 3 is 2.93 bits per heavy atom. The van der Waals surface area contributed by atoms with Crippen LogP contribution in [0.4, 0.5) is 11.4 Å². The molecule has 0 saturated carbocycles. The van der Waals surface area contributed by atoms with Gasteiger partial charge in [0.15, 0.2) is 0 Å². The lowest BCUT2D eigenvalue weighted by Gasteiger charge is -2.07. The Bertz CT molecular complexity index is 329. The van der Waals surface area contributed by atoms with Crippen LogP contribution < -0.4 is 10.5 Å². The van der Waals surface area contributed by atoms with Crippen molar-refractivity contribution < 1.29 is 10.3 Å². The zero-order valence-corrected chi connectivity index (χ0v) is 8.51. The third-order valence-corrected chi connectivity index (χ3v) is 1.91. The molecule has 0 aliphatic carbocycles. The van der Waals surface area contributed by atoms with Crippen LogP contribution in [0.15, 0.2) is 18.2 Å². The molecule has 0 aliphatic rings. The highest BCUT2D eigenvalue weighted by Gasteiger charge is 2.09. The van der Waals surface area contributed by atoms with Crippen molar-refractivity contribution in [2.45, 2.75) is 13.0 Å². The lowest BCUT2D eigenvalue weighted by Crippen LogP contribution is -2.56. The molecule has 0 spiro atoms. The van der Waals surface area contributed by atoms with Gasteiger partial charge in [0.05, 0.1) is 6.10 Å². The van der Waals surface area contributed by atoms with E-state index in [9.17, 15) is 4.91 Å². The van der Waals surface area contributed by atoms with Gasteiger partial charge in [-0.25, -0.2) is 0 Å². The zero-order chi connectivity index (χ0) is 10.6. The largest absolute Gasteiger partial charge is 0.392 e. The van der Waals surface area contributed by atoms with Crippen LogP contribution in [0.1, 0.15) is 6.92 Å². The highest BCUT2D eigenvalue weighted by molar-refractivity contribution is 6.31. The Kier molecular flexibility index (Phi) is 3.85. The van der Waals surface area contributed by atoms with E-state index in [0.29, 0.717) is 22.9 Å². The number of nitroso groups, excluding NO2 is 1. The van der Waals surface area contributed by atoms with E-state index in [2.05, 4.69) is 5.32 Å². The second-order valence-electron chi connectivity index (χ2n) is 3.02. The van der Waals surface area contributed by atoms with Gasteiger partial charge in [-0.1, -0.05) is 11.6 Å². The van der Waals surface area contributed by atoms with Gasteiger partial charge in [0.25, 0.3) is 5.69 Å². The van der Waals surface area contributed by atoms with Gasteiger partial charge in [-0.05, 0) is 19.1 Å². The molecule has 0 unspecified atom stereocenters. The first-order valence-electron chi connectivity index (χ1n) is 4.23. The monoisotopic (exact) mass is 215 g/mol. The van der Waals surface area contributed by atoms with E-state index in [4.69, 9.17) is 16.7 Å². The molecule has 1 aromatic carbocycles. The number of nitrogens with one attached hydrogen (secondary N) is 2. The lowest BCUT2D eigenvalue weighted by atomic mass is 10.2. The predicted octanol–water partition coefficient (Wildman–Crippen LogP) is 0.611. The maximum atomic E-state index is 10.5. The number of anilines is 1. The topological polar surface area (TPSA) is 63.3 Å². The minimum atomic E-state index is -0.478. The van der Waals surface area contributed by atoms with Crippen LogP contribution in [0.5, 0.6) is 0 Å². The summed E-state index contributed by atoms with van der Waals surface area (Å²) in [5.74, 6) is 0. The number of hydrogen-bond acceptors (Lipinski definition) is 3. The van der Waals surface area contributed by atoms with Crippen LogP contribution in [-0.4, -0.2) is 17.8 Å². The van der Waals surface area contributed by atoms with E-state index in [1.165, 1.54) is 0 Å². The molecule has 3 N–H and O–H groups in total. The minimum absolute atomic E-state index is 0.370. The van der Waals surface area contributed by atoms with Crippen LogP contribution in [0.2, 0.25) is 5.02 Å². The highest BCUT2D eigenvalue weighted by Crippen LogP contribution is 2.21. The summed E-state index contributed by atoms with van der Waals surface area (Å²) in [5.41, 5.74) is 1.00. The molecule has 1 atom stereocenters. The van der Waals surface area contributed by atoms with Crippen molar-refractivity contribution in [1.82, 2.24) is 0 Å². The molecule has 4 nitrogen and oxygen atoms in total. The third-order valence-electron chi connectivity index (χ3n) is 1.68. The quantitative estimate of drug-likeness (QED) is 0.690. The molecular weight excluding hydrogens is 204 g/mol. The molecule has 0 aliphatic heterocycles. The molecule has 1 rings (SSSR count). The van der Waals surface area contributed by atoms with E-state index < -0.39 is 6.10 Å². The van der Waals surface area contributed by atoms with E-state index in [1.807, 2.05) is 0 Å². The van der Waals surface area contributed by atoms with Crippen LogP contribution in [0, 0.1) is 4.91 Å². The summed E-state index contributed by atoms with van der Waals surface area (Å²) in [5, 5.41) is 14.3. The molecule has 5 heteroatoms. The number of rotatable bonds is 4. The number of hydrogen-bond donors (Lipinski definition) is 3. The molecule has 14 heavy (non-hydrogen) atoms. The minimum Gasteiger partial charge on any atom is -0.392 e. The van der Waals surface area contributed by atoms with Gasteiger partial charge >= 0.3 is 0 Å². The maximum Gasteiger partial charge on any atom is 0.276 e. The predicted molar refractivity (Wildman–Crippen MR) is 55.6 cm³/mol. The fraction of sp³-hybridized carbons (Fsp3) is 0.333. The molecule has 0 amide bonds. The smallest absolute Gasteiger partial charge is 0.276 e. The summed E-state index contributed by atoms with van der Waals surface area (Å²) in [7, 11) is 0. The van der Waals surface area contributed by atoms with Crippen molar-refractivity contribution in [2.24, 2.45) is 0 Å². The summed E-state index contributed by atoms with van der Waals surface area (Å²) in [6, 6.07) is 4.83. The first-order valence-corrected chi connectivity index (χ1v) is 4.61. The summed E-state index contributed by atoms with van der Waals surface area (Å²) in [6.45, 7) is 2.02. The molecular formula is C9H12ClN2O2+. The fourth-order valence-corrected chi connectivity index (χ4v) is 1.18. The Hall–Kier alpha value is -1.13. The standard InChI is InChI=1S/C9H11ClN2O2/c1-6(13)5-11-9-4-7(10)2-3-8(9)12-14/h2-4,6,11,13H,5H2,1H3/p+1/t6-/m0/s1. The Morgan fingerprint density at radius 2 is 2.36 bits per heavy atom. The van der Waals surface area contributed by atoms with Gasteiger partial charge in [0.2, 0.25) is 0 Å². The molecule has 76 valence electrons. The third kappa shape index (κ3) is 2.97. The van der Waals surface area contributed by atoms with Crippen molar-refractivity contribution in [3.05, 3.63) is 28.1 Å². The van der Waals surface area contributed by atoms with Gasteiger partial charge in [0.1, 0.15) is 5.69 Å². The average Bonchev–Trinajstić information content (AvgIpc) is 2.15. The summed E-state index contributed by atoms with van der Waals surface area (Å²) in [4.78, 5) is 10.5. The first kappa shape index (κ1) is 10.9. The molecule has 0 aromatic heterocycles. The molecule has 0 saturated heterocycles. The average molecular weight is 216 g/mol. The van der Waals surface area contributed by atoms with Gasteiger partial charge in [0, 0.05) is 27.7 Å². The van der Waals surface area contributed by atoms with Crippen molar-refractivity contribution in [1.29, 1.82) is 0 Å². The normalized spacial score (nSPS) is 12.2. The number of benzene rings is 1. The van der Waals surface area contributed by atoms with Crippen molar-refractivity contribution >= 4 is 23.0 Å². The van der Waals surface area contributed by atoms with E-state index in [0.717, 1.165) is 0 Å². The van der Waals surface area contributed by atoms with E-state index in [1.54, 1.807) is 30.3 Å². The van der Waals surface area contributed by atoms with Crippen LogP contribution in [0.3, 0.4) is 0 Å². The lowest BCUT2D eigenvalue weighted by molar-refractivity contribution is -0.378. The number of aliphatic hydroxyl groups excluding tert-OH is 1. The van der Waals surface area contributed by atoms with Gasteiger partial charge in [-0.3, -0.25) is 0 Å². The second kappa shape index (κ2) is 4.93. The molecule has 0 heterocycles. The summed E-state index contributed by atoms with van der Waals surface area (Å²) < 4.78 is 0. The van der Waals surface area contributed by atoms with Gasteiger partial charge in [-0.15, -0.1) is 0 Å². The number of halogens is 1. The van der Waals surface area contributed by atoms with Crippen molar-refractivity contribution in [3.8, 4) is 0 Å². The Labute approximate surface area is 86.9 Å². The fourth-order valence-electron chi connectivity index (χ4n) is 1.01. The van der Waals surface area contributed by atoms with Crippen LogP contribution in [0.25, 0.3) is 0 Å². The molecule has 0 fully saturated rings.